The summed E-state index contributed by atoms with van der Waals surface area (Å²) in [5.41, 5.74) is 1.31. The highest BCUT2D eigenvalue weighted by Crippen LogP contribution is 2.30. The first-order valence-electron chi connectivity index (χ1n) is 8.05. The van der Waals surface area contributed by atoms with Crippen molar-refractivity contribution in [3.8, 4) is 5.88 Å². The molecule has 4 rings (SSSR count). The van der Waals surface area contributed by atoms with Gasteiger partial charge in [-0.25, -0.2) is 4.98 Å². The van der Waals surface area contributed by atoms with E-state index in [9.17, 15) is 0 Å². The minimum atomic E-state index is 0.411. The largest absolute Gasteiger partial charge is 0.475 e. The molecule has 1 aliphatic heterocycles. The van der Waals surface area contributed by atoms with Crippen LogP contribution in [0.15, 0.2) is 30.9 Å². The third-order valence-corrected chi connectivity index (χ3v) is 4.80. The molecular weight excluding hydrogens is 278 g/mol. The van der Waals surface area contributed by atoms with Gasteiger partial charge in [-0.1, -0.05) is 6.42 Å². The lowest BCUT2D eigenvalue weighted by Crippen LogP contribution is -2.48. The van der Waals surface area contributed by atoms with Crippen molar-refractivity contribution in [2.45, 2.75) is 50.9 Å². The van der Waals surface area contributed by atoms with Crippen LogP contribution in [0, 0.1) is 0 Å². The Kier molecular flexibility index (Phi) is 3.76. The molecule has 1 aliphatic carbocycles. The van der Waals surface area contributed by atoms with E-state index in [4.69, 9.17) is 4.74 Å². The molecule has 2 aromatic rings. The van der Waals surface area contributed by atoms with Crippen molar-refractivity contribution in [2.75, 3.05) is 6.61 Å². The Bertz CT molecular complexity index is 610. The Morgan fingerprint density at radius 2 is 2.14 bits per heavy atom. The van der Waals surface area contributed by atoms with Gasteiger partial charge in [-0.3, -0.25) is 14.6 Å². The van der Waals surface area contributed by atoms with Crippen molar-refractivity contribution in [3.63, 3.8) is 0 Å². The summed E-state index contributed by atoms with van der Waals surface area (Å²) in [4.78, 5) is 10.9. The molecule has 0 aromatic carbocycles. The summed E-state index contributed by atoms with van der Waals surface area (Å²) in [5, 5.41) is 4.43. The Morgan fingerprint density at radius 1 is 1.18 bits per heavy atom. The zero-order chi connectivity index (χ0) is 14.8. The summed E-state index contributed by atoms with van der Waals surface area (Å²) in [5.74, 6) is 0.609. The predicted molar refractivity (Wildman–Crippen MR) is 81.3 cm³/mol. The molecule has 0 unspecified atom stereocenters. The van der Waals surface area contributed by atoms with Crippen LogP contribution in [-0.2, 0) is 13.1 Å². The van der Waals surface area contributed by atoms with Crippen LogP contribution >= 0.6 is 0 Å². The second kappa shape index (κ2) is 6.04. The SMILES string of the molecule is c1cnc(OC[C@@H]2CCn3nccc3CN2C2CCC2)cn1. The van der Waals surface area contributed by atoms with Gasteiger partial charge in [0.05, 0.1) is 11.9 Å². The fourth-order valence-corrected chi connectivity index (χ4v) is 3.32. The van der Waals surface area contributed by atoms with Gasteiger partial charge in [-0.15, -0.1) is 0 Å². The van der Waals surface area contributed by atoms with Crippen LogP contribution in [-0.4, -0.2) is 43.3 Å². The fourth-order valence-electron chi connectivity index (χ4n) is 3.32. The predicted octanol–water partition coefficient (Wildman–Crippen LogP) is 1.88. The smallest absolute Gasteiger partial charge is 0.232 e. The molecular formula is C16H21N5O. The molecule has 1 fully saturated rings. The number of aryl methyl sites for hydroxylation is 1. The van der Waals surface area contributed by atoms with E-state index in [-0.39, 0.29) is 0 Å². The van der Waals surface area contributed by atoms with E-state index in [1.54, 1.807) is 18.6 Å². The van der Waals surface area contributed by atoms with Crippen LogP contribution in [0.2, 0.25) is 0 Å². The number of nitrogens with zero attached hydrogens (tertiary/aromatic N) is 5. The highest BCUT2D eigenvalue weighted by molar-refractivity contribution is 5.05. The number of hydrogen-bond acceptors (Lipinski definition) is 5. The van der Waals surface area contributed by atoms with Crippen LogP contribution in [0.5, 0.6) is 5.88 Å². The van der Waals surface area contributed by atoms with Gasteiger partial charge < -0.3 is 4.74 Å². The molecule has 1 atom stereocenters. The Hall–Kier alpha value is -1.95. The molecule has 0 bridgehead atoms. The van der Waals surface area contributed by atoms with Crippen LogP contribution in [0.25, 0.3) is 0 Å². The van der Waals surface area contributed by atoms with Gasteiger partial charge in [-0.05, 0) is 25.3 Å². The third kappa shape index (κ3) is 2.70. The number of aromatic nitrogens is 4. The maximum Gasteiger partial charge on any atom is 0.232 e. The number of rotatable bonds is 4. The van der Waals surface area contributed by atoms with Gasteiger partial charge in [0.1, 0.15) is 6.61 Å². The van der Waals surface area contributed by atoms with Gasteiger partial charge in [-0.2, -0.15) is 5.10 Å². The first kappa shape index (κ1) is 13.7. The molecule has 0 radical (unpaired) electrons. The van der Waals surface area contributed by atoms with E-state index >= 15 is 0 Å². The van der Waals surface area contributed by atoms with Gasteiger partial charge in [0.15, 0.2) is 0 Å². The van der Waals surface area contributed by atoms with E-state index in [0.29, 0.717) is 24.6 Å². The lowest BCUT2D eigenvalue weighted by molar-refractivity contribution is 0.0437. The van der Waals surface area contributed by atoms with Crippen LogP contribution < -0.4 is 4.74 Å². The average Bonchev–Trinajstić information content (AvgIpc) is 2.87. The molecule has 2 aliphatic rings. The van der Waals surface area contributed by atoms with Crippen molar-refractivity contribution >= 4 is 0 Å². The van der Waals surface area contributed by atoms with Crippen molar-refractivity contribution in [2.24, 2.45) is 0 Å². The summed E-state index contributed by atoms with van der Waals surface area (Å²) < 4.78 is 8.01. The van der Waals surface area contributed by atoms with Gasteiger partial charge in [0.2, 0.25) is 5.88 Å². The molecule has 1 saturated carbocycles. The molecule has 2 aromatic heterocycles. The lowest BCUT2D eigenvalue weighted by atomic mass is 9.90. The van der Waals surface area contributed by atoms with E-state index in [1.165, 1.54) is 25.0 Å². The minimum absolute atomic E-state index is 0.411. The molecule has 0 amide bonds. The summed E-state index contributed by atoms with van der Waals surface area (Å²) in [6, 6.07) is 3.24. The van der Waals surface area contributed by atoms with E-state index < -0.39 is 0 Å². The second-order valence-electron chi connectivity index (χ2n) is 6.10. The average molecular weight is 299 g/mol. The monoisotopic (exact) mass is 299 g/mol. The summed E-state index contributed by atoms with van der Waals surface area (Å²) in [7, 11) is 0. The molecule has 0 saturated heterocycles. The minimum Gasteiger partial charge on any atom is -0.475 e. The molecule has 116 valence electrons. The van der Waals surface area contributed by atoms with Gasteiger partial charge in [0, 0.05) is 43.8 Å². The third-order valence-electron chi connectivity index (χ3n) is 4.80. The fraction of sp³-hybridized carbons (Fsp3) is 0.562. The number of ether oxygens (including phenoxy) is 1. The Morgan fingerprint density at radius 3 is 2.91 bits per heavy atom. The van der Waals surface area contributed by atoms with Crippen LogP contribution in [0.1, 0.15) is 31.4 Å². The van der Waals surface area contributed by atoms with Gasteiger partial charge >= 0.3 is 0 Å². The molecule has 22 heavy (non-hydrogen) atoms. The Labute approximate surface area is 130 Å². The molecule has 0 N–H and O–H groups in total. The van der Waals surface area contributed by atoms with E-state index in [2.05, 4.69) is 30.7 Å². The Balaban J connectivity index is 1.48. The number of fused-ring (bicyclic) bond motifs is 1. The van der Waals surface area contributed by atoms with Crippen molar-refractivity contribution in [1.29, 1.82) is 0 Å². The van der Waals surface area contributed by atoms with Crippen molar-refractivity contribution < 1.29 is 4.74 Å². The number of hydrogen-bond donors (Lipinski definition) is 0. The van der Waals surface area contributed by atoms with Crippen LogP contribution in [0.4, 0.5) is 0 Å². The summed E-state index contributed by atoms with van der Waals surface area (Å²) in [6.07, 6.45) is 11.9. The maximum atomic E-state index is 5.88. The standard InChI is InChI=1S/C16H21N5O/c1-2-13(3-1)20-11-14-4-6-19-21(14)9-5-15(20)12-22-16-10-17-7-8-18-16/h4,6-8,10,13,15H,1-3,5,9,11-12H2/t15-/m0/s1. The van der Waals surface area contributed by atoms with Crippen molar-refractivity contribution in [1.82, 2.24) is 24.6 Å². The highest BCUT2D eigenvalue weighted by atomic mass is 16.5. The first-order valence-corrected chi connectivity index (χ1v) is 8.05. The summed E-state index contributed by atoms with van der Waals surface area (Å²) >= 11 is 0. The first-order chi connectivity index (χ1) is 10.9. The van der Waals surface area contributed by atoms with Crippen molar-refractivity contribution in [3.05, 3.63) is 36.5 Å². The highest BCUT2D eigenvalue weighted by Gasteiger charge is 2.33. The quantitative estimate of drug-likeness (QED) is 0.863. The topological polar surface area (TPSA) is 56.1 Å². The van der Waals surface area contributed by atoms with Crippen LogP contribution in [0.3, 0.4) is 0 Å². The van der Waals surface area contributed by atoms with E-state index in [0.717, 1.165) is 19.5 Å². The lowest BCUT2D eigenvalue weighted by Gasteiger charge is -2.41. The normalized spacial score (nSPS) is 22.6. The zero-order valence-electron chi connectivity index (χ0n) is 12.6. The van der Waals surface area contributed by atoms with E-state index in [1.807, 2.05) is 6.20 Å². The maximum absolute atomic E-state index is 5.88. The molecule has 3 heterocycles. The van der Waals surface area contributed by atoms with Gasteiger partial charge in [0.25, 0.3) is 0 Å². The molecule has 6 nitrogen and oxygen atoms in total. The second-order valence-corrected chi connectivity index (χ2v) is 6.10. The molecule has 0 spiro atoms. The zero-order valence-corrected chi connectivity index (χ0v) is 12.6. The summed E-state index contributed by atoms with van der Waals surface area (Å²) in [6.45, 7) is 2.60. The molecule has 6 heteroatoms.